The van der Waals surface area contributed by atoms with Crippen molar-refractivity contribution in [3.63, 3.8) is 0 Å². The normalized spacial score (nSPS) is 19.2. The quantitative estimate of drug-likeness (QED) is 0.0695. The lowest BCUT2D eigenvalue weighted by molar-refractivity contribution is -0.153. The summed E-state index contributed by atoms with van der Waals surface area (Å²) in [5, 5.41) is 0. The van der Waals surface area contributed by atoms with E-state index in [0.717, 1.165) is 18.4 Å². The Hall–Kier alpha value is -2.97. The number of amides is 2. The second-order valence-corrected chi connectivity index (χ2v) is 23.5. The molecule has 2 rings (SSSR count). The number of hydrogen-bond donors (Lipinski definition) is 1. The van der Waals surface area contributed by atoms with Crippen LogP contribution in [0.15, 0.2) is 30.3 Å². The molecule has 2 amide bonds. The topological polar surface area (TPSA) is 143 Å². The number of likely N-dealkylation sites (N-methyl/N-ethyl adjacent to an activating group) is 2. The molecule has 0 unspecified atom stereocenters. The Kier molecular flexibility index (Phi) is 22.5. The Bertz CT molecular complexity index is 1530. The number of likely N-dealkylation sites (tertiary alicyclic amines) is 1. The van der Waals surface area contributed by atoms with E-state index in [1.54, 1.807) is 26.2 Å². The number of ketones is 2. The highest BCUT2D eigenvalue weighted by Gasteiger charge is 2.43. The lowest BCUT2D eigenvalue weighted by atomic mass is 9.83. The number of esters is 1. The van der Waals surface area contributed by atoms with Crippen LogP contribution < -0.4 is 0 Å². The van der Waals surface area contributed by atoms with Crippen LogP contribution in [0.25, 0.3) is 0 Å². The monoisotopic (exact) mass is 874 g/mol. The predicted octanol–water partition coefficient (Wildman–Crippen LogP) is 7.58. The van der Waals surface area contributed by atoms with Crippen LogP contribution in [0, 0.1) is 35.5 Å². The molecule has 0 spiro atoms. The Morgan fingerprint density at radius 2 is 1.48 bits per heavy atom. The fourth-order valence-corrected chi connectivity index (χ4v) is 10.5. The van der Waals surface area contributed by atoms with Crippen molar-refractivity contribution in [1.82, 2.24) is 14.7 Å². The molecule has 1 fully saturated rings. The maximum atomic E-state index is 14.4. The van der Waals surface area contributed by atoms with Gasteiger partial charge >= 0.3 is 5.97 Å². The Labute approximate surface area is 369 Å². The van der Waals surface area contributed by atoms with Crippen LogP contribution in [-0.4, -0.2) is 129 Å². The third-order valence-corrected chi connectivity index (χ3v) is 14.6. The van der Waals surface area contributed by atoms with Gasteiger partial charge < -0.3 is 28.8 Å². The first kappa shape index (κ1) is 54.2. The van der Waals surface area contributed by atoms with Gasteiger partial charge in [-0.3, -0.25) is 28.9 Å². The first-order valence-electron chi connectivity index (χ1n) is 22.8. The predicted molar refractivity (Wildman–Crippen MR) is 244 cm³/mol. The number of rotatable bonds is 27. The highest BCUT2D eigenvalue weighted by Crippen LogP contribution is 2.34. The molecule has 1 aromatic rings. The summed E-state index contributed by atoms with van der Waals surface area (Å²) in [7, 11) is 6.44. The van der Waals surface area contributed by atoms with Gasteiger partial charge in [0.2, 0.25) is 11.8 Å². The second-order valence-electron chi connectivity index (χ2n) is 19.4. The van der Waals surface area contributed by atoms with Crippen molar-refractivity contribution in [2.45, 2.75) is 162 Å². The Morgan fingerprint density at radius 1 is 0.852 bits per heavy atom. The first-order valence-corrected chi connectivity index (χ1v) is 26.0. The van der Waals surface area contributed by atoms with Gasteiger partial charge in [-0.15, -0.1) is 0 Å². The molecule has 348 valence electrons. The Balaban J connectivity index is 2.28. The molecule has 1 heterocycles. The zero-order valence-corrected chi connectivity index (χ0v) is 41.4. The van der Waals surface area contributed by atoms with Gasteiger partial charge in [0.1, 0.15) is 11.9 Å². The molecule has 1 aromatic carbocycles. The largest absolute Gasteiger partial charge is 0.457 e. The summed E-state index contributed by atoms with van der Waals surface area (Å²) >= 11 is 0. The fraction of sp³-hybridized carbons (Fsp3) is 0.771. The molecule has 0 aliphatic carbocycles. The number of carbonyl (C=O) groups is 5. The van der Waals surface area contributed by atoms with Crippen LogP contribution >= 0.6 is 0 Å². The van der Waals surface area contributed by atoms with Gasteiger partial charge in [-0.25, -0.2) is 0 Å². The molecular formula is C48H83N3O9Si. The van der Waals surface area contributed by atoms with Crippen LogP contribution in [0.3, 0.4) is 0 Å². The number of nitrogens with zero attached hydrogens (tertiary/aromatic N) is 3. The van der Waals surface area contributed by atoms with E-state index in [2.05, 4.69) is 13.8 Å². The molecule has 12 nitrogen and oxygen atoms in total. The summed E-state index contributed by atoms with van der Waals surface area (Å²) in [6.07, 6.45) is 1.44. The van der Waals surface area contributed by atoms with Crippen molar-refractivity contribution in [1.29, 1.82) is 0 Å². The molecule has 61 heavy (non-hydrogen) atoms. The number of methoxy groups -OCH3 is 2. The van der Waals surface area contributed by atoms with E-state index < -0.39 is 44.5 Å². The van der Waals surface area contributed by atoms with E-state index >= 15 is 0 Å². The van der Waals surface area contributed by atoms with Crippen molar-refractivity contribution in [3.8, 4) is 0 Å². The molecule has 1 aliphatic heterocycles. The standard InChI is InChI=1S/C48H83N3O9Si/c1-16-33(6)45(50(11)48(56)37(31(2)3)29-40(53)44(32(4)5)49(9)10)41(58-12)30-42(54)51-26-20-24-38(51)47(59-13)35(8)39(52)28-34(7)46(36-22-18-17-19-23-36)60-43(55)25-21-27-61(14,15)57/h17-19,22-23,31-35,37-38,41,44-47,57H,16,20-21,24-30H2,1-15H3/t33-,34-,35-,37-,38-,41+,44-,45-,46+,47+/m0/s1. The van der Waals surface area contributed by atoms with E-state index in [9.17, 15) is 28.8 Å². The number of Topliss-reactive ketones (excluding diaryl/α,β-unsaturated/α-hetero) is 2. The van der Waals surface area contributed by atoms with Gasteiger partial charge in [0.05, 0.1) is 36.8 Å². The van der Waals surface area contributed by atoms with E-state index in [1.807, 2.05) is 109 Å². The molecule has 0 aromatic heterocycles. The maximum absolute atomic E-state index is 14.4. The van der Waals surface area contributed by atoms with Crippen molar-refractivity contribution >= 4 is 37.7 Å². The van der Waals surface area contributed by atoms with Crippen LogP contribution in [0.4, 0.5) is 0 Å². The maximum Gasteiger partial charge on any atom is 0.306 e. The molecule has 13 heteroatoms. The van der Waals surface area contributed by atoms with Crippen LogP contribution in [0.1, 0.15) is 118 Å². The van der Waals surface area contributed by atoms with E-state index in [4.69, 9.17) is 14.2 Å². The minimum Gasteiger partial charge on any atom is -0.457 e. The number of ether oxygens (including phenoxy) is 3. The summed E-state index contributed by atoms with van der Waals surface area (Å²) in [6, 6.07) is 9.01. The van der Waals surface area contributed by atoms with Gasteiger partial charge in [0, 0.05) is 64.8 Å². The van der Waals surface area contributed by atoms with Gasteiger partial charge in [0.25, 0.3) is 0 Å². The highest BCUT2D eigenvalue weighted by molar-refractivity contribution is 6.69. The average molecular weight is 874 g/mol. The summed E-state index contributed by atoms with van der Waals surface area (Å²) in [5.41, 5.74) is 0.810. The molecule has 1 aliphatic rings. The molecule has 1 N–H and O–H groups in total. The van der Waals surface area contributed by atoms with E-state index in [-0.39, 0.29) is 90.8 Å². The molecule has 1 saturated heterocycles. The zero-order valence-electron chi connectivity index (χ0n) is 40.4. The minimum atomic E-state index is -2.29. The van der Waals surface area contributed by atoms with Crippen molar-refractivity contribution in [2.24, 2.45) is 35.5 Å². The van der Waals surface area contributed by atoms with Crippen molar-refractivity contribution in [3.05, 3.63) is 35.9 Å². The molecule has 0 radical (unpaired) electrons. The smallest absolute Gasteiger partial charge is 0.306 e. The van der Waals surface area contributed by atoms with Crippen LogP contribution in [0.2, 0.25) is 19.1 Å². The minimum absolute atomic E-state index is 0.00512. The lowest BCUT2D eigenvalue weighted by Gasteiger charge is -2.41. The summed E-state index contributed by atoms with van der Waals surface area (Å²) in [4.78, 5) is 85.2. The third kappa shape index (κ3) is 16.0. The molecule has 0 saturated carbocycles. The van der Waals surface area contributed by atoms with Crippen molar-refractivity contribution in [2.75, 3.05) is 41.9 Å². The first-order chi connectivity index (χ1) is 28.5. The summed E-state index contributed by atoms with van der Waals surface area (Å²) < 4.78 is 18.2. The molecular weight excluding hydrogens is 791 g/mol. The SMILES string of the molecule is CC[C@H](C)[C@@H]([C@@H](CC(=O)N1CCC[C@H]1[C@H](OC)[C@@H](C)C(=O)C[C@H](C)[C@@H](OC(=O)CCC[Si](C)(C)O)c1ccccc1)OC)N(C)C(=O)[C@@H](CC(=O)[C@H](C(C)C)N(C)C)C(C)C. The molecule has 0 bridgehead atoms. The van der Waals surface area contributed by atoms with Gasteiger partial charge in [0.15, 0.2) is 14.1 Å². The summed E-state index contributed by atoms with van der Waals surface area (Å²) in [5.74, 6) is -1.99. The second kappa shape index (κ2) is 25.4. The zero-order chi connectivity index (χ0) is 46.4. The van der Waals surface area contributed by atoms with E-state index in [0.29, 0.717) is 25.4 Å². The average Bonchev–Trinajstić information content (AvgIpc) is 3.67. The Morgan fingerprint density at radius 3 is 1.98 bits per heavy atom. The van der Waals surface area contributed by atoms with Crippen LogP contribution in [0.5, 0.6) is 0 Å². The third-order valence-electron chi connectivity index (χ3n) is 13.0. The molecule has 10 atom stereocenters. The lowest BCUT2D eigenvalue weighted by Crippen LogP contribution is -2.54. The highest BCUT2D eigenvalue weighted by atomic mass is 28.4. The number of carbonyl (C=O) groups excluding carboxylic acids is 5. The van der Waals surface area contributed by atoms with Crippen LogP contribution in [-0.2, 0) is 38.2 Å². The number of hydrogen-bond acceptors (Lipinski definition) is 10. The summed E-state index contributed by atoms with van der Waals surface area (Å²) in [6.45, 7) is 20.1. The number of benzene rings is 1. The van der Waals surface area contributed by atoms with Crippen molar-refractivity contribution < 1.29 is 43.0 Å². The van der Waals surface area contributed by atoms with E-state index in [1.165, 1.54) is 0 Å². The fourth-order valence-electron chi connectivity index (χ4n) is 9.44. The van der Waals surface area contributed by atoms with Gasteiger partial charge in [-0.05, 0) is 75.8 Å². The van der Waals surface area contributed by atoms with Gasteiger partial charge in [-0.2, -0.15) is 0 Å². The van der Waals surface area contributed by atoms with Gasteiger partial charge in [-0.1, -0.05) is 92.1 Å².